The summed E-state index contributed by atoms with van der Waals surface area (Å²) in [7, 11) is 3.91. The number of hydrogen-bond acceptors (Lipinski definition) is 4. The monoisotopic (exact) mass is 266 g/mol. The Morgan fingerprint density at radius 2 is 2.12 bits per heavy atom. The second-order valence-electron chi connectivity index (χ2n) is 3.15. The summed E-state index contributed by atoms with van der Waals surface area (Å²) in [6.45, 7) is 1.44. The molecule has 0 aliphatic carbocycles. The van der Waals surface area contributed by atoms with Crippen LogP contribution in [0.15, 0.2) is 18.6 Å². The molecule has 1 heterocycles. The van der Waals surface area contributed by atoms with Gasteiger partial charge in [0.25, 0.3) is 5.91 Å². The van der Waals surface area contributed by atoms with Crippen molar-refractivity contribution in [2.45, 2.75) is 0 Å². The van der Waals surface area contributed by atoms with Crippen molar-refractivity contribution in [3.63, 3.8) is 0 Å². The first kappa shape index (κ1) is 17.5. The van der Waals surface area contributed by atoms with E-state index in [1.165, 1.54) is 6.33 Å². The van der Waals surface area contributed by atoms with Gasteiger partial charge >= 0.3 is 0 Å². The van der Waals surface area contributed by atoms with Gasteiger partial charge in [0.05, 0.1) is 0 Å². The van der Waals surface area contributed by atoms with Gasteiger partial charge < -0.3 is 10.2 Å². The van der Waals surface area contributed by atoms with Crippen molar-refractivity contribution >= 4 is 30.7 Å². The number of amides is 1. The van der Waals surface area contributed by atoms with Gasteiger partial charge in [0.15, 0.2) is 0 Å². The first-order chi connectivity index (χ1) is 6.70. The maximum Gasteiger partial charge on any atom is 0.270 e. The topological polar surface area (TPSA) is 58.1 Å². The van der Waals surface area contributed by atoms with Gasteiger partial charge in [0, 0.05) is 19.3 Å². The minimum atomic E-state index is -0.158. The van der Waals surface area contributed by atoms with Crippen LogP contribution >= 0.6 is 24.8 Å². The molecular formula is C9H16Cl2N4O. The minimum Gasteiger partial charge on any atom is -0.349 e. The zero-order chi connectivity index (χ0) is 10.4. The third-order valence-electron chi connectivity index (χ3n) is 1.66. The van der Waals surface area contributed by atoms with Crippen LogP contribution in [0.25, 0.3) is 0 Å². The van der Waals surface area contributed by atoms with Gasteiger partial charge in [0.2, 0.25) is 0 Å². The van der Waals surface area contributed by atoms with Crippen molar-refractivity contribution in [1.29, 1.82) is 0 Å². The summed E-state index contributed by atoms with van der Waals surface area (Å²) in [4.78, 5) is 21.0. The summed E-state index contributed by atoms with van der Waals surface area (Å²) in [6.07, 6.45) is 2.91. The first-order valence-corrected chi connectivity index (χ1v) is 4.39. The van der Waals surface area contributed by atoms with E-state index in [0.717, 1.165) is 6.54 Å². The van der Waals surface area contributed by atoms with Crippen LogP contribution in [-0.4, -0.2) is 48.0 Å². The fourth-order valence-corrected chi connectivity index (χ4v) is 0.909. The number of hydrogen-bond donors (Lipinski definition) is 1. The van der Waals surface area contributed by atoms with Crippen LogP contribution in [0.3, 0.4) is 0 Å². The van der Waals surface area contributed by atoms with Crippen LogP contribution in [0.2, 0.25) is 0 Å². The molecule has 0 saturated carbocycles. The summed E-state index contributed by atoms with van der Waals surface area (Å²) >= 11 is 0. The van der Waals surface area contributed by atoms with E-state index in [1.54, 1.807) is 12.3 Å². The quantitative estimate of drug-likeness (QED) is 0.868. The molecule has 0 saturated heterocycles. The summed E-state index contributed by atoms with van der Waals surface area (Å²) in [5.41, 5.74) is 0.402. The summed E-state index contributed by atoms with van der Waals surface area (Å²) in [5.74, 6) is -0.158. The van der Waals surface area contributed by atoms with E-state index in [2.05, 4.69) is 15.3 Å². The fraction of sp³-hybridized carbons (Fsp3) is 0.444. The molecule has 0 aliphatic rings. The number of likely N-dealkylation sites (N-methyl/N-ethyl adjacent to an activating group) is 1. The Balaban J connectivity index is 0. The molecule has 0 aliphatic heterocycles. The Kier molecular flexibility index (Phi) is 10.2. The number of carbonyl (C=O) groups is 1. The van der Waals surface area contributed by atoms with Gasteiger partial charge in [-0.3, -0.25) is 4.79 Å². The molecule has 1 aromatic rings. The van der Waals surface area contributed by atoms with E-state index in [-0.39, 0.29) is 30.7 Å². The highest BCUT2D eigenvalue weighted by molar-refractivity contribution is 5.91. The number of carbonyl (C=O) groups excluding carboxylic acids is 1. The van der Waals surface area contributed by atoms with Crippen molar-refractivity contribution in [2.75, 3.05) is 27.2 Å². The van der Waals surface area contributed by atoms with Crippen LogP contribution in [0.4, 0.5) is 0 Å². The Morgan fingerprint density at radius 3 is 2.62 bits per heavy atom. The lowest BCUT2D eigenvalue weighted by Crippen LogP contribution is -2.31. The van der Waals surface area contributed by atoms with E-state index < -0.39 is 0 Å². The molecule has 1 rings (SSSR count). The molecule has 7 heteroatoms. The number of aromatic nitrogens is 2. The molecule has 1 amide bonds. The summed E-state index contributed by atoms with van der Waals surface area (Å²) < 4.78 is 0. The van der Waals surface area contributed by atoms with Gasteiger partial charge in [-0.05, 0) is 20.2 Å². The van der Waals surface area contributed by atoms with Crippen molar-refractivity contribution < 1.29 is 4.79 Å². The second-order valence-corrected chi connectivity index (χ2v) is 3.15. The van der Waals surface area contributed by atoms with Crippen LogP contribution in [0.5, 0.6) is 0 Å². The molecule has 0 fully saturated rings. The van der Waals surface area contributed by atoms with Gasteiger partial charge in [-0.25, -0.2) is 9.97 Å². The van der Waals surface area contributed by atoms with E-state index >= 15 is 0 Å². The molecule has 0 atom stereocenters. The highest BCUT2D eigenvalue weighted by Crippen LogP contribution is 1.89. The van der Waals surface area contributed by atoms with Crippen molar-refractivity contribution in [2.24, 2.45) is 0 Å². The highest BCUT2D eigenvalue weighted by atomic mass is 35.5. The van der Waals surface area contributed by atoms with Crippen LogP contribution in [0.1, 0.15) is 10.5 Å². The molecule has 0 unspecified atom stereocenters. The number of nitrogens with zero attached hydrogens (tertiary/aromatic N) is 3. The molecule has 5 nitrogen and oxygen atoms in total. The SMILES string of the molecule is CN(C)CCNC(=O)c1ccncn1.Cl.Cl. The highest BCUT2D eigenvalue weighted by Gasteiger charge is 2.04. The maximum absolute atomic E-state index is 11.4. The maximum atomic E-state index is 11.4. The predicted octanol–water partition coefficient (Wildman–Crippen LogP) is 0.612. The average Bonchev–Trinajstić information content (AvgIpc) is 2.18. The standard InChI is InChI=1S/C9H14N4O.2ClH/c1-13(2)6-5-11-9(14)8-3-4-10-7-12-8;;/h3-4,7H,5-6H2,1-2H3,(H,11,14);2*1H. The normalized spacial score (nSPS) is 8.94. The minimum absolute atomic E-state index is 0. The Labute approximate surface area is 107 Å². The van der Waals surface area contributed by atoms with Gasteiger partial charge in [0.1, 0.15) is 12.0 Å². The van der Waals surface area contributed by atoms with E-state index in [4.69, 9.17) is 0 Å². The molecule has 0 radical (unpaired) electrons. The van der Waals surface area contributed by atoms with Crippen LogP contribution in [-0.2, 0) is 0 Å². The smallest absolute Gasteiger partial charge is 0.270 e. The van der Waals surface area contributed by atoms with E-state index in [0.29, 0.717) is 12.2 Å². The Morgan fingerprint density at radius 1 is 1.44 bits per heavy atom. The first-order valence-electron chi connectivity index (χ1n) is 4.39. The molecule has 1 N–H and O–H groups in total. The number of nitrogens with one attached hydrogen (secondary N) is 1. The summed E-state index contributed by atoms with van der Waals surface area (Å²) in [6, 6.07) is 1.59. The molecule has 0 bridgehead atoms. The number of rotatable bonds is 4. The second kappa shape index (κ2) is 9.33. The molecule has 0 aromatic carbocycles. The largest absolute Gasteiger partial charge is 0.349 e. The van der Waals surface area contributed by atoms with Crippen molar-refractivity contribution in [3.05, 3.63) is 24.3 Å². The van der Waals surface area contributed by atoms with Gasteiger partial charge in [-0.15, -0.1) is 24.8 Å². The van der Waals surface area contributed by atoms with E-state index in [9.17, 15) is 4.79 Å². The average molecular weight is 267 g/mol. The van der Waals surface area contributed by atoms with E-state index in [1.807, 2.05) is 19.0 Å². The Hall–Kier alpha value is -0.910. The third kappa shape index (κ3) is 6.55. The van der Waals surface area contributed by atoms with Crippen LogP contribution in [0, 0.1) is 0 Å². The zero-order valence-electron chi connectivity index (χ0n) is 9.21. The Bertz CT molecular complexity index is 295. The number of halogens is 2. The molecule has 92 valence electrons. The lowest BCUT2D eigenvalue weighted by atomic mass is 10.4. The molecule has 16 heavy (non-hydrogen) atoms. The third-order valence-corrected chi connectivity index (χ3v) is 1.66. The van der Waals surface area contributed by atoms with Crippen molar-refractivity contribution in [3.8, 4) is 0 Å². The summed E-state index contributed by atoms with van der Waals surface area (Å²) in [5, 5.41) is 2.76. The van der Waals surface area contributed by atoms with Crippen molar-refractivity contribution in [1.82, 2.24) is 20.2 Å². The zero-order valence-corrected chi connectivity index (χ0v) is 10.8. The lowest BCUT2D eigenvalue weighted by Gasteiger charge is -2.09. The predicted molar refractivity (Wildman–Crippen MR) is 67.4 cm³/mol. The lowest BCUT2D eigenvalue weighted by molar-refractivity contribution is 0.0946. The molecular weight excluding hydrogens is 251 g/mol. The molecule has 1 aromatic heterocycles. The van der Waals surface area contributed by atoms with Crippen LogP contribution < -0.4 is 5.32 Å². The van der Waals surface area contributed by atoms with Gasteiger partial charge in [-0.1, -0.05) is 0 Å². The van der Waals surface area contributed by atoms with Gasteiger partial charge in [-0.2, -0.15) is 0 Å². The fourth-order valence-electron chi connectivity index (χ4n) is 0.909. The molecule has 0 spiro atoms.